The number of rotatable bonds is 5. The molecule has 1 aliphatic heterocycles. The van der Waals surface area contributed by atoms with Crippen molar-refractivity contribution < 1.29 is 9.53 Å². The van der Waals surface area contributed by atoms with Gasteiger partial charge in [0.1, 0.15) is 11.9 Å². The molecular formula is C25H26N2O2. The van der Waals surface area contributed by atoms with Crippen LogP contribution < -0.4 is 15.4 Å². The van der Waals surface area contributed by atoms with Crippen molar-refractivity contribution in [1.29, 1.82) is 0 Å². The van der Waals surface area contributed by atoms with Crippen molar-refractivity contribution in [3.8, 4) is 5.75 Å². The number of aryl methyl sites for hydroxylation is 1. The summed E-state index contributed by atoms with van der Waals surface area (Å²) in [4.78, 5) is 13.3. The van der Waals surface area contributed by atoms with E-state index in [0.717, 1.165) is 37.1 Å². The molecule has 0 bridgehead atoms. The van der Waals surface area contributed by atoms with Crippen LogP contribution in [0.4, 0.5) is 0 Å². The Morgan fingerprint density at radius 3 is 2.72 bits per heavy atom. The summed E-state index contributed by atoms with van der Waals surface area (Å²) >= 11 is 0. The van der Waals surface area contributed by atoms with Gasteiger partial charge in [0.15, 0.2) is 0 Å². The van der Waals surface area contributed by atoms with Crippen LogP contribution in [0.1, 0.15) is 39.9 Å². The van der Waals surface area contributed by atoms with Crippen LogP contribution in [0.15, 0.2) is 54.6 Å². The van der Waals surface area contributed by atoms with Gasteiger partial charge >= 0.3 is 0 Å². The standard InChI is InChI=1S/C25H26N2O2/c1-16-12-18-13-19(15-26-2)29-23(18)14-21(16)24(28)27-25(10-11-25)22-9-5-7-17-6-3-4-8-20(17)22/h3-9,12,14,19,26H,10-11,13,15H2,1-2H3,(H,27,28). The minimum absolute atomic E-state index is 0.0172. The topological polar surface area (TPSA) is 50.4 Å². The summed E-state index contributed by atoms with van der Waals surface area (Å²) in [6.07, 6.45) is 2.96. The van der Waals surface area contributed by atoms with E-state index >= 15 is 0 Å². The number of likely N-dealkylation sites (N-methyl/N-ethyl adjacent to an activating group) is 1. The summed E-state index contributed by atoms with van der Waals surface area (Å²) in [6.45, 7) is 2.82. The van der Waals surface area contributed by atoms with E-state index in [1.807, 2.05) is 20.0 Å². The van der Waals surface area contributed by atoms with Crippen LogP contribution >= 0.6 is 0 Å². The molecule has 1 amide bonds. The van der Waals surface area contributed by atoms with Gasteiger partial charge in [0.25, 0.3) is 5.91 Å². The Morgan fingerprint density at radius 1 is 1.14 bits per heavy atom. The second-order valence-corrected chi connectivity index (χ2v) is 8.34. The van der Waals surface area contributed by atoms with Crippen LogP contribution in [0.3, 0.4) is 0 Å². The number of carbonyl (C=O) groups excluding carboxylic acids is 1. The van der Waals surface area contributed by atoms with Crippen molar-refractivity contribution in [2.45, 2.75) is 37.8 Å². The SMILES string of the molecule is CNCC1Cc2cc(C)c(C(=O)NC3(c4cccc5ccccc45)CC3)cc2O1. The molecule has 3 aromatic carbocycles. The summed E-state index contributed by atoms with van der Waals surface area (Å²) < 4.78 is 6.04. The molecule has 0 radical (unpaired) electrons. The van der Waals surface area contributed by atoms with E-state index < -0.39 is 0 Å². The lowest BCUT2D eigenvalue weighted by Crippen LogP contribution is -2.35. The van der Waals surface area contributed by atoms with Gasteiger partial charge in [0.2, 0.25) is 0 Å². The summed E-state index contributed by atoms with van der Waals surface area (Å²) in [5.41, 5.74) is 3.85. The van der Waals surface area contributed by atoms with Crippen LogP contribution in [0.5, 0.6) is 5.75 Å². The molecule has 0 saturated heterocycles. The first kappa shape index (κ1) is 18.2. The molecule has 2 aliphatic rings. The van der Waals surface area contributed by atoms with E-state index in [2.05, 4.69) is 59.2 Å². The van der Waals surface area contributed by atoms with Crippen LogP contribution in [-0.2, 0) is 12.0 Å². The molecule has 3 aromatic rings. The molecule has 148 valence electrons. The van der Waals surface area contributed by atoms with E-state index in [0.29, 0.717) is 5.56 Å². The normalized spacial score (nSPS) is 18.9. The molecule has 4 heteroatoms. The average Bonchev–Trinajstić information content (AvgIpc) is 3.39. The highest BCUT2D eigenvalue weighted by Crippen LogP contribution is 2.48. The molecule has 4 nitrogen and oxygen atoms in total. The first-order valence-electron chi connectivity index (χ1n) is 10.4. The number of benzene rings is 3. The molecule has 1 heterocycles. The van der Waals surface area contributed by atoms with Gasteiger partial charge in [-0.25, -0.2) is 0 Å². The Labute approximate surface area is 171 Å². The summed E-state index contributed by atoms with van der Waals surface area (Å²) in [7, 11) is 1.93. The number of hydrogen-bond acceptors (Lipinski definition) is 3. The molecule has 1 saturated carbocycles. The third kappa shape index (κ3) is 3.18. The third-order valence-corrected chi connectivity index (χ3v) is 6.23. The maximum atomic E-state index is 13.3. The van der Waals surface area contributed by atoms with Crippen LogP contribution in [0.2, 0.25) is 0 Å². The fraction of sp³-hybridized carbons (Fsp3) is 0.320. The zero-order chi connectivity index (χ0) is 20.0. The van der Waals surface area contributed by atoms with Crippen molar-refractivity contribution in [3.63, 3.8) is 0 Å². The number of amides is 1. The summed E-state index contributed by atoms with van der Waals surface area (Å²) in [6, 6.07) is 18.8. The molecule has 1 fully saturated rings. The average molecular weight is 386 g/mol. The van der Waals surface area contributed by atoms with Crippen molar-refractivity contribution in [3.05, 3.63) is 76.9 Å². The predicted octanol–water partition coefficient (Wildman–Crippen LogP) is 4.09. The van der Waals surface area contributed by atoms with Gasteiger partial charge in [-0.15, -0.1) is 0 Å². The maximum absolute atomic E-state index is 13.3. The second-order valence-electron chi connectivity index (χ2n) is 8.34. The molecule has 2 N–H and O–H groups in total. The number of carbonyl (C=O) groups is 1. The molecular weight excluding hydrogens is 360 g/mol. The lowest BCUT2D eigenvalue weighted by molar-refractivity contribution is 0.0930. The monoisotopic (exact) mass is 386 g/mol. The lowest BCUT2D eigenvalue weighted by Gasteiger charge is -2.21. The predicted molar refractivity (Wildman–Crippen MR) is 116 cm³/mol. The Hall–Kier alpha value is -2.85. The minimum atomic E-state index is -0.265. The van der Waals surface area contributed by atoms with Crippen molar-refractivity contribution in [2.75, 3.05) is 13.6 Å². The molecule has 5 rings (SSSR count). The highest BCUT2D eigenvalue weighted by Gasteiger charge is 2.46. The van der Waals surface area contributed by atoms with Gasteiger partial charge in [0.05, 0.1) is 5.54 Å². The zero-order valence-corrected chi connectivity index (χ0v) is 16.9. The smallest absolute Gasteiger partial charge is 0.252 e. The van der Waals surface area contributed by atoms with Gasteiger partial charge in [-0.3, -0.25) is 4.79 Å². The summed E-state index contributed by atoms with van der Waals surface area (Å²) in [5.74, 6) is 0.826. The Bertz CT molecular complexity index is 1100. The Morgan fingerprint density at radius 2 is 1.93 bits per heavy atom. The molecule has 29 heavy (non-hydrogen) atoms. The van der Waals surface area contributed by atoms with E-state index in [-0.39, 0.29) is 17.6 Å². The van der Waals surface area contributed by atoms with Crippen LogP contribution in [-0.4, -0.2) is 25.6 Å². The lowest BCUT2D eigenvalue weighted by atomic mass is 9.96. The van der Waals surface area contributed by atoms with E-state index in [1.54, 1.807) is 0 Å². The van der Waals surface area contributed by atoms with Crippen molar-refractivity contribution >= 4 is 16.7 Å². The number of nitrogens with one attached hydrogen (secondary N) is 2. The third-order valence-electron chi connectivity index (χ3n) is 6.23. The number of ether oxygens (including phenoxy) is 1. The fourth-order valence-corrected chi connectivity index (χ4v) is 4.58. The summed E-state index contributed by atoms with van der Waals surface area (Å²) in [5, 5.41) is 8.95. The van der Waals surface area contributed by atoms with Crippen LogP contribution in [0.25, 0.3) is 10.8 Å². The van der Waals surface area contributed by atoms with E-state index in [9.17, 15) is 4.79 Å². The zero-order valence-electron chi connectivity index (χ0n) is 16.9. The van der Waals surface area contributed by atoms with Gasteiger partial charge < -0.3 is 15.4 Å². The number of fused-ring (bicyclic) bond motifs is 2. The first-order valence-corrected chi connectivity index (χ1v) is 10.4. The quantitative estimate of drug-likeness (QED) is 0.694. The van der Waals surface area contributed by atoms with Gasteiger partial charge in [-0.2, -0.15) is 0 Å². The first-order chi connectivity index (χ1) is 14.1. The number of hydrogen-bond donors (Lipinski definition) is 2. The molecule has 0 aromatic heterocycles. The maximum Gasteiger partial charge on any atom is 0.252 e. The van der Waals surface area contributed by atoms with Gasteiger partial charge in [-0.05, 0) is 60.3 Å². The highest BCUT2D eigenvalue weighted by atomic mass is 16.5. The van der Waals surface area contributed by atoms with E-state index in [4.69, 9.17) is 4.74 Å². The van der Waals surface area contributed by atoms with E-state index in [1.165, 1.54) is 21.9 Å². The molecule has 0 spiro atoms. The van der Waals surface area contributed by atoms with Crippen molar-refractivity contribution in [2.24, 2.45) is 0 Å². The van der Waals surface area contributed by atoms with Gasteiger partial charge in [-0.1, -0.05) is 48.5 Å². The highest BCUT2D eigenvalue weighted by molar-refractivity contribution is 5.98. The minimum Gasteiger partial charge on any atom is -0.488 e. The fourth-order valence-electron chi connectivity index (χ4n) is 4.58. The molecule has 1 atom stereocenters. The largest absolute Gasteiger partial charge is 0.488 e. The molecule has 1 unspecified atom stereocenters. The second kappa shape index (κ2) is 6.89. The Balaban J connectivity index is 1.43. The molecule has 1 aliphatic carbocycles. The van der Waals surface area contributed by atoms with Gasteiger partial charge in [0, 0.05) is 18.5 Å². The Kier molecular flexibility index (Phi) is 4.32. The van der Waals surface area contributed by atoms with Crippen LogP contribution in [0, 0.1) is 6.92 Å². The van der Waals surface area contributed by atoms with Crippen molar-refractivity contribution in [1.82, 2.24) is 10.6 Å².